The summed E-state index contributed by atoms with van der Waals surface area (Å²) in [6, 6.07) is 7.11. The number of ether oxygens (including phenoxy) is 1. The topological polar surface area (TPSA) is 50.3 Å². The Morgan fingerprint density at radius 1 is 1.27 bits per heavy atom. The summed E-state index contributed by atoms with van der Waals surface area (Å²) in [5, 5.41) is 3.47. The van der Waals surface area contributed by atoms with Crippen LogP contribution in [0.5, 0.6) is 0 Å². The van der Waals surface area contributed by atoms with Gasteiger partial charge in [0.2, 0.25) is 5.95 Å². The highest BCUT2D eigenvalue weighted by molar-refractivity contribution is 5.27. The van der Waals surface area contributed by atoms with Crippen LogP contribution >= 0.6 is 0 Å². The van der Waals surface area contributed by atoms with Crippen molar-refractivity contribution in [3.63, 3.8) is 0 Å². The Hall–Kier alpha value is -2.05. The molecule has 0 aliphatic carbocycles. The van der Waals surface area contributed by atoms with Crippen molar-refractivity contribution >= 4 is 5.95 Å². The molecule has 2 aliphatic rings. The largest absolute Gasteiger partial charge is 0.373 e. The van der Waals surface area contributed by atoms with Crippen molar-refractivity contribution < 1.29 is 9.13 Å². The van der Waals surface area contributed by atoms with Gasteiger partial charge in [0.25, 0.3) is 0 Å². The van der Waals surface area contributed by atoms with Crippen LogP contribution in [0.1, 0.15) is 30.4 Å². The highest BCUT2D eigenvalue weighted by Crippen LogP contribution is 2.35. The lowest BCUT2D eigenvalue weighted by atomic mass is 9.89. The second kappa shape index (κ2) is 7.29. The van der Waals surface area contributed by atoms with Crippen molar-refractivity contribution in [2.45, 2.75) is 44.4 Å². The zero-order chi connectivity index (χ0) is 18.0. The highest BCUT2D eigenvalue weighted by Gasteiger charge is 2.43. The van der Waals surface area contributed by atoms with E-state index >= 15 is 0 Å². The van der Waals surface area contributed by atoms with Crippen molar-refractivity contribution in [2.75, 3.05) is 25.0 Å². The van der Waals surface area contributed by atoms with Gasteiger partial charge >= 0.3 is 0 Å². The molecule has 2 fully saturated rings. The molecule has 0 unspecified atom stereocenters. The van der Waals surface area contributed by atoms with Crippen LogP contribution < -0.4 is 5.32 Å². The molecule has 0 saturated carbocycles. The molecule has 6 heteroatoms. The molecule has 4 rings (SSSR count). The third-order valence-corrected chi connectivity index (χ3v) is 5.32. The molecule has 138 valence electrons. The van der Waals surface area contributed by atoms with Crippen molar-refractivity contribution in [1.82, 2.24) is 14.9 Å². The van der Waals surface area contributed by atoms with Gasteiger partial charge in [0, 0.05) is 44.7 Å². The fourth-order valence-corrected chi connectivity index (χ4v) is 4.00. The first-order valence-electron chi connectivity index (χ1n) is 9.26. The molecule has 2 aliphatic heterocycles. The fourth-order valence-electron chi connectivity index (χ4n) is 4.00. The van der Waals surface area contributed by atoms with Gasteiger partial charge in [-0.25, -0.2) is 14.4 Å². The maximum atomic E-state index is 13.1. The first-order chi connectivity index (χ1) is 12.6. The van der Waals surface area contributed by atoms with Crippen LogP contribution in [0.3, 0.4) is 0 Å². The Labute approximate surface area is 153 Å². The molecule has 1 aromatic carbocycles. The smallest absolute Gasteiger partial charge is 0.222 e. The summed E-state index contributed by atoms with van der Waals surface area (Å²) in [5.74, 6) is 0.508. The molecular weight excluding hydrogens is 331 g/mol. The minimum absolute atomic E-state index is 0.0966. The highest BCUT2D eigenvalue weighted by atomic mass is 19.1. The van der Waals surface area contributed by atoms with E-state index in [-0.39, 0.29) is 11.4 Å². The summed E-state index contributed by atoms with van der Waals surface area (Å²) in [4.78, 5) is 11.1. The van der Waals surface area contributed by atoms with E-state index in [0.29, 0.717) is 12.0 Å². The minimum atomic E-state index is -0.186. The predicted octanol–water partition coefficient (Wildman–Crippen LogP) is 3.16. The molecular formula is C20H25FN4O. The first kappa shape index (κ1) is 17.4. The second-order valence-electron chi connectivity index (χ2n) is 7.54. The van der Waals surface area contributed by atoms with Crippen LogP contribution in [-0.4, -0.2) is 46.2 Å². The van der Waals surface area contributed by atoms with Gasteiger partial charge in [0.1, 0.15) is 5.82 Å². The van der Waals surface area contributed by atoms with E-state index in [9.17, 15) is 4.39 Å². The molecule has 1 aromatic heterocycles. The lowest BCUT2D eigenvalue weighted by Gasteiger charge is -2.38. The Bertz CT molecular complexity index is 736. The van der Waals surface area contributed by atoms with E-state index < -0.39 is 0 Å². The average molecular weight is 356 g/mol. The maximum absolute atomic E-state index is 13.1. The van der Waals surface area contributed by atoms with E-state index in [1.165, 1.54) is 12.1 Å². The Morgan fingerprint density at radius 2 is 2.04 bits per heavy atom. The molecule has 1 N–H and O–H groups in total. The molecule has 3 heterocycles. The van der Waals surface area contributed by atoms with Crippen molar-refractivity contribution in [2.24, 2.45) is 0 Å². The number of aryl methyl sites for hydroxylation is 1. The molecule has 1 spiro atoms. The lowest BCUT2D eigenvalue weighted by molar-refractivity contribution is -0.0737. The zero-order valence-electron chi connectivity index (χ0n) is 15.1. The van der Waals surface area contributed by atoms with E-state index in [1.54, 1.807) is 0 Å². The number of rotatable bonds is 4. The SMILES string of the molecule is Cc1cnc(N[C@@H]2CCO[C@]3(CCN(Cc4ccc(F)cc4)C3)C2)nc1. The lowest BCUT2D eigenvalue weighted by Crippen LogP contribution is -2.46. The van der Waals surface area contributed by atoms with Gasteiger partial charge in [0.15, 0.2) is 0 Å². The summed E-state index contributed by atoms with van der Waals surface area (Å²) in [7, 11) is 0. The van der Waals surface area contributed by atoms with E-state index in [1.807, 2.05) is 31.5 Å². The van der Waals surface area contributed by atoms with Gasteiger partial charge in [-0.1, -0.05) is 12.1 Å². The fraction of sp³-hybridized carbons (Fsp3) is 0.500. The summed E-state index contributed by atoms with van der Waals surface area (Å²) in [5.41, 5.74) is 2.11. The molecule has 0 bridgehead atoms. The van der Waals surface area contributed by atoms with Gasteiger partial charge in [-0.2, -0.15) is 0 Å². The Balaban J connectivity index is 1.36. The predicted molar refractivity (Wildman–Crippen MR) is 98.4 cm³/mol. The first-order valence-corrected chi connectivity index (χ1v) is 9.26. The van der Waals surface area contributed by atoms with E-state index in [0.717, 1.165) is 56.6 Å². The van der Waals surface area contributed by atoms with E-state index in [2.05, 4.69) is 20.2 Å². The maximum Gasteiger partial charge on any atom is 0.222 e. The number of hydrogen-bond donors (Lipinski definition) is 1. The minimum Gasteiger partial charge on any atom is -0.373 e. The van der Waals surface area contributed by atoms with Crippen LogP contribution in [0.25, 0.3) is 0 Å². The van der Waals surface area contributed by atoms with Gasteiger partial charge in [0.05, 0.1) is 5.60 Å². The molecule has 0 amide bonds. The summed E-state index contributed by atoms with van der Waals surface area (Å²) in [6.07, 6.45) is 6.64. The molecule has 2 atom stereocenters. The third-order valence-electron chi connectivity index (χ3n) is 5.32. The summed E-state index contributed by atoms with van der Waals surface area (Å²) < 4.78 is 19.3. The van der Waals surface area contributed by atoms with E-state index in [4.69, 9.17) is 4.74 Å². The number of halogens is 1. The molecule has 2 aromatic rings. The van der Waals surface area contributed by atoms with Gasteiger partial charge in [-0.3, -0.25) is 4.90 Å². The average Bonchev–Trinajstić information content (AvgIpc) is 3.01. The van der Waals surface area contributed by atoms with Gasteiger partial charge in [-0.15, -0.1) is 0 Å². The number of likely N-dealkylation sites (tertiary alicyclic amines) is 1. The van der Waals surface area contributed by atoms with Crippen molar-refractivity contribution in [3.05, 3.63) is 53.6 Å². The molecule has 26 heavy (non-hydrogen) atoms. The number of aromatic nitrogens is 2. The Morgan fingerprint density at radius 3 is 2.81 bits per heavy atom. The number of nitrogens with zero attached hydrogens (tertiary/aromatic N) is 3. The quantitative estimate of drug-likeness (QED) is 0.912. The monoisotopic (exact) mass is 356 g/mol. The number of anilines is 1. The summed E-state index contributed by atoms with van der Waals surface area (Å²) in [6.45, 7) is 5.50. The van der Waals surface area contributed by atoms with Crippen LogP contribution in [-0.2, 0) is 11.3 Å². The normalized spacial score (nSPS) is 26.3. The van der Waals surface area contributed by atoms with Crippen LogP contribution in [0, 0.1) is 12.7 Å². The number of hydrogen-bond acceptors (Lipinski definition) is 5. The number of nitrogens with one attached hydrogen (secondary N) is 1. The Kier molecular flexibility index (Phi) is 4.87. The molecule has 0 radical (unpaired) electrons. The van der Waals surface area contributed by atoms with Crippen LogP contribution in [0.15, 0.2) is 36.7 Å². The molecule has 2 saturated heterocycles. The van der Waals surface area contributed by atoms with Crippen LogP contribution in [0.4, 0.5) is 10.3 Å². The summed E-state index contributed by atoms with van der Waals surface area (Å²) >= 11 is 0. The molecule has 5 nitrogen and oxygen atoms in total. The van der Waals surface area contributed by atoms with Crippen molar-refractivity contribution in [1.29, 1.82) is 0 Å². The zero-order valence-corrected chi connectivity index (χ0v) is 15.1. The van der Waals surface area contributed by atoms with Crippen LogP contribution in [0.2, 0.25) is 0 Å². The third kappa shape index (κ3) is 4.02. The number of benzene rings is 1. The van der Waals surface area contributed by atoms with Gasteiger partial charge < -0.3 is 10.1 Å². The van der Waals surface area contributed by atoms with Crippen molar-refractivity contribution in [3.8, 4) is 0 Å². The standard InChI is InChI=1S/C20H25FN4O/c1-15-11-22-19(23-12-15)24-18-6-9-26-20(10-18)7-8-25(14-20)13-16-2-4-17(21)5-3-16/h2-5,11-12,18H,6-10,13-14H2,1H3,(H,22,23,24)/t18-,20-/m1/s1. The van der Waals surface area contributed by atoms with Gasteiger partial charge in [-0.05, 0) is 49.4 Å². The second-order valence-corrected chi connectivity index (χ2v) is 7.54.